The van der Waals surface area contributed by atoms with Crippen molar-refractivity contribution >= 4 is 18.0 Å². The number of carbonyl (C=O) groups is 3. The van der Waals surface area contributed by atoms with E-state index in [1.54, 1.807) is 20.8 Å². The second kappa shape index (κ2) is 10.1. The highest BCUT2D eigenvalue weighted by atomic mass is 16.5. The normalized spacial score (nSPS) is 20.0. The van der Waals surface area contributed by atoms with E-state index >= 15 is 0 Å². The number of rotatable bonds is 7. The Bertz CT molecular complexity index is 1060. The molecular weight excluding hydrogens is 448 g/mol. The molecule has 1 fully saturated rings. The zero-order chi connectivity index (χ0) is 25.2. The Morgan fingerprint density at radius 2 is 1.66 bits per heavy atom. The second-order valence-corrected chi connectivity index (χ2v) is 10.2. The summed E-state index contributed by atoms with van der Waals surface area (Å²) in [5, 5.41) is 14.8. The summed E-state index contributed by atoms with van der Waals surface area (Å²) in [5.74, 6) is -1.89. The van der Waals surface area contributed by atoms with Gasteiger partial charge < -0.3 is 25.2 Å². The minimum Gasteiger partial charge on any atom is -0.480 e. The second-order valence-electron chi connectivity index (χ2n) is 10.2. The minimum atomic E-state index is -1.10. The highest BCUT2D eigenvalue weighted by molar-refractivity contribution is 5.87. The predicted octanol–water partition coefficient (Wildman–Crippen LogP) is 3.55. The molecule has 3 atom stereocenters. The van der Waals surface area contributed by atoms with Crippen LogP contribution in [0.15, 0.2) is 48.5 Å². The van der Waals surface area contributed by atoms with E-state index in [0.717, 1.165) is 22.3 Å². The Balaban J connectivity index is 1.32. The van der Waals surface area contributed by atoms with Crippen molar-refractivity contribution < 1.29 is 29.0 Å². The van der Waals surface area contributed by atoms with Gasteiger partial charge in [-0.2, -0.15) is 0 Å². The van der Waals surface area contributed by atoms with Gasteiger partial charge in [-0.15, -0.1) is 0 Å². The number of carbonyl (C=O) groups excluding carboxylic acids is 2. The summed E-state index contributed by atoms with van der Waals surface area (Å²) in [4.78, 5) is 36.9. The van der Waals surface area contributed by atoms with E-state index in [0.29, 0.717) is 13.0 Å². The summed E-state index contributed by atoms with van der Waals surface area (Å²) in [7, 11) is 0. The molecule has 3 N–H and O–H groups in total. The fraction of sp³-hybridized carbons (Fsp3) is 0.444. The average Bonchev–Trinajstić information content (AvgIpc) is 3.41. The van der Waals surface area contributed by atoms with Gasteiger partial charge in [0.25, 0.3) is 0 Å². The Labute approximate surface area is 205 Å². The van der Waals surface area contributed by atoms with Crippen LogP contribution in [0.5, 0.6) is 0 Å². The summed E-state index contributed by atoms with van der Waals surface area (Å²) >= 11 is 0. The summed E-state index contributed by atoms with van der Waals surface area (Å²) < 4.78 is 11.1. The fourth-order valence-electron chi connectivity index (χ4n) is 4.87. The quantitative estimate of drug-likeness (QED) is 0.559. The predicted molar refractivity (Wildman–Crippen MR) is 130 cm³/mol. The third-order valence-corrected chi connectivity index (χ3v) is 6.72. The fourth-order valence-corrected chi connectivity index (χ4v) is 4.87. The molecule has 0 saturated carbocycles. The molecule has 0 spiro atoms. The lowest BCUT2D eigenvalue weighted by Crippen LogP contribution is -2.53. The molecule has 8 heteroatoms. The van der Waals surface area contributed by atoms with Crippen molar-refractivity contribution in [2.75, 3.05) is 19.8 Å². The number of carboxylic acid groups (broad SMARTS) is 1. The SMILES string of the molecule is CC(C)(C)C(NC(=O)[C@@H]1OCC[C@@H]1CNC(=O)OCC1c2ccccc2-c2ccccc21)C(=O)O. The molecule has 0 bridgehead atoms. The van der Waals surface area contributed by atoms with Crippen molar-refractivity contribution in [3.05, 3.63) is 59.7 Å². The van der Waals surface area contributed by atoms with Crippen molar-refractivity contribution in [1.82, 2.24) is 10.6 Å². The van der Waals surface area contributed by atoms with Crippen LogP contribution in [0.1, 0.15) is 44.2 Å². The number of aliphatic carboxylic acids is 1. The number of hydrogen-bond acceptors (Lipinski definition) is 5. The maximum atomic E-state index is 12.8. The van der Waals surface area contributed by atoms with Gasteiger partial charge in [-0.3, -0.25) is 4.79 Å². The van der Waals surface area contributed by atoms with Crippen LogP contribution in [-0.2, 0) is 19.1 Å². The number of benzene rings is 2. The maximum absolute atomic E-state index is 12.8. The van der Waals surface area contributed by atoms with Crippen LogP contribution in [0, 0.1) is 11.3 Å². The lowest BCUT2D eigenvalue weighted by molar-refractivity contribution is -0.147. The molecule has 2 aliphatic rings. The number of ether oxygens (including phenoxy) is 2. The first kappa shape index (κ1) is 24.7. The van der Waals surface area contributed by atoms with Gasteiger partial charge in [0.15, 0.2) is 0 Å². The molecule has 0 aromatic heterocycles. The Morgan fingerprint density at radius 3 is 2.23 bits per heavy atom. The average molecular weight is 481 g/mol. The van der Waals surface area contributed by atoms with Crippen LogP contribution in [0.25, 0.3) is 11.1 Å². The first-order valence-corrected chi connectivity index (χ1v) is 11.9. The number of hydrogen-bond donors (Lipinski definition) is 3. The van der Waals surface area contributed by atoms with Gasteiger partial charge in [0, 0.05) is 25.0 Å². The highest BCUT2D eigenvalue weighted by Gasteiger charge is 2.39. The van der Waals surface area contributed by atoms with Gasteiger partial charge in [-0.05, 0) is 34.1 Å². The van der Waals surface area contributed by atoms with Crippen molar-refractivity contribution in [2.45, 2.75) is 45.3 Å². The van der Waals surface area contributed by atoms with E-state index in [9.17, 15) is 19.5 Å². The molecule has 8 nitrogen and oxygen atoms in total. The molecule has 35 heavy (non-hydrogen) atoms. The van der Waals surface area contributed by atoms with Gasteiger partial charge in [0.05, 0.1) is 0 Å². The molecular formula is C27H32N2O6. The van der Waals surface area contributed by atoms with Crippen molar-refractivity contribution in [3.63, 3.8) is 0 Å². The summed E-state index contributed by atoms with van der Waals surface area (Å²) in [6.07, 6.45) is -0.807. The molecule has 1 aliphatic heterocycles. The van der Waals surface area contributed by atoms with Crippen molar-refractivity contribution in [2.24, 2.45) is 11.3 Å². The van der Waals surface area contributed by atoms with E-state index in [1.807, 2.05) is 24.3 Å². The number of fused-ring (bicyclic) bond motifs is 3. The third-order valence-electron chi connectivity index (χ3n) is 6.72. The first-order chi connectivity index (χ1) is 16.7. The number of carboxylic acids is 1. The third kappa shape index (κ3) is 5.32. The van der Waals surface area contributed by atoms with Gasteiger partial charge >= 0.3 is 12.1 Å². The van der Waals surface area contributed by atoms with Crippen LogP contribution in [0.3, 0.4) is 0 Å². The van der Waals surface area contributed by atoms with E-state index in [-0.39, 0.29) is 25.0 Å². The van der Waals surface area contributed by atoms with Gasteiger partial charge in [-0.1, -0.05) is 69.3 Å². The molecule has 0 radical (unpaired) electrons. The molecule has 1 saturated heterocycles. The van der Waals surface area contributed by atoms with E-state index in [2.05, 4.69) is 34.9 Å². The molecule has 2 aromatic rings. The van der Waals surface area contributed by atoms with Gasteiger partial charge in [-0.25, -0.2) is 9.59 Å². The Hall–Kier alpha value is -3.39. The van der Waals surface area contributed by atoms with Crippen LogP contribution < -0.4 is 10.6 Å². The summed E-state index contributed by atoms with van der Waals surface area (Å²) in [6, 6.07) is 15.2. The van der Waals surface area contributed by atoms with E-state index in [1.165, 1.54) is 0 Å². The maximum Gasteiger partial charge on any atom is 0.407 e. The standard InChI is InChI=1S/C27H32N2O6/c1-27(2,3)23(25(31)32)29-24(30)22-16(12-13-34-22)14-28-26(33)35-15-21-19-10-6-4-8-17(19)18-9-5-7-11-20(18)21/h4-11,16,21-23H,12-15H2,1-3H3,(H,28,33)(H,29,30)(H,31,32)/t16-,22-,23?/m1/s1. The molecule has 1 aliphatic carbocycles. The topological polar surface area (TPSA) is 114 Å². The molecule has 186 valence electrons. The van der Waals surface area contributed by atoms with Gasteiger partial charge in [0.2, 0.25) is 5.91 Å². The highest BCUT2D eigenvalue weighted by Crippen LogP contribution is 2.44. The number of amides is 2. The molecule has 1 unspecified atom stereocenters. The monoisotopic (exact) mass is 480 g/mol. The summed E-state index contributed by atoms with van der Waals surface area (Å²) in [6.45, 7) is 6.01. The van der Waals surface area contributed by atoms with Crippen LogP contribution in [0.2, 0.25) is 0 Å². The van der Waals surface area contributed by atoms with Gasteiger partial charge in [0.1, 0.15) is 18.8 Å². The van der Waals surface area contributed by atoms with Crippen LogP contribution in [0.4, 0.5) is 4.79 Å². The van der Waals surface area contributed by atoms with Crippen LogP contribution >= 0.6 is 0 Å². The first-order valence-electron chi connectivity index (χ1n) is 11.9. The molecule has 4 rings (SSSR count). The number of alkyl carbamates (subject to hydrolysis) is 1. The molecule has 2 amide bonds. The minimum absolute atomic E-state index is 0.0353. The van der Waals surface area contributed by atoms with E-state index < -0.39 is 35.5 Å². The summed E-state index contributed by atoms with van der Waals surface area (Å²) in [5.41, 5.74) is 3.92. The van der Waals surface area contributed by atoms with Crippen molar-refractivity contribution in [3.8, 4) is 11.1 Å². The zero-order valence-electron chi connectivity index (χ0n) is 20.2. The molecule has 1 heterocycles. The van der Waals surface area contributed by atoms with Crippen molar-refractivity contribution in [1.29, 1.82) is 0 Å². The largest absolute Gasteiger partial charge is 0.480 e. The lowest BCUT2D eigenvalue weighted by Gasteiger charge is -2.29. The van der Waals surface area contributed by atoms with Crippen LogP contribution in [-0.4, -0.2) is 55.0 Å². The Kier molecular flexibility index (Phi) is 7.12. The van der Waals surface area contributed by atoms with E-state index in [4.69, 9.17) is 9.47 Å². The Morgan fingerprint density at radius 1 is 1.06 bits per heavy atom. The number of nitrogens with one attached hydrogen (secondary N) is 2. The smallest absolute Gasteiger partial charge is 0.407 e. The lowest BCUT2D eigenvalue weighted by atomic mass is 9.86. The molecule has 2 aromatic carbocycles. The zero-order valence-corrected chi connectivity index (χ0v) is 20.2.